The second-order valence-electron chi connectivity index (χ2n) is 4.99. The molecule has 0 atom stereocenters. The van der Waals surface area contributed by atoms with E-state index in [-0.39, 0.29) is 11.7 Å². The molecule has 4 aromatic rings. The van der Waals surface area contributed by atoms with Gasteiger partial charge in [0.2, 0.25) is 10.9 Å². The average Bonchev–Trinajstić information content (AvgIpc) is 3.14. The number of halogens is 1. The largest absolute Gasteiger partial charge is 0.324 e. The van der Waals surface area contributed by atoms with Crippen LogP contribution in [0, 0.1) is 3.57 Å². The molecule has 0 unspecified atom stereocenters. The summed E-state index contributed by atoms with van der Waals surface area (Å²) in [7, 11) is 0. The van der Waals surface area contributed by atoms with Crippen molar-refractivity contribution in [1.82, 2.24) is 14.6 Å². The van der Waals surface area contributed by atoms with Crippen molar-refractivity contribution in [3.8, 4) is 0 Å². The molecule has 2 aromatic heterocycles. The summed E-state index contributed by atoms with van der Waals surface area (Å²) in [6.45, 7) is 0. The monoisotopic (exact) mass is 466 g/mol. The lowest BCUT2D eigenvalue weighted by atomic mass is 10.3. The number of para-hydroxylation sites is 2. The van der Waals surface area contributed by atoms with Gasteiger partial charge in [-0.05, 0) is 46.9 Å². The normalized spacial score (nSPS) is 11.2. The van der Waals surface area contributed by atoms with Crippen LogP contribution >= 0.6 is 45.7 Å². The number of hydrogen-bond acceptors (Lipinski definition) is 5. The van der Waals surface area contributed by atoms with Gasteiger partial charge >= 0.3 is 0 Å². The summed E-state index contributed by atoms with van der Waals surface area (Å²) in [5.41, 5.74) is 1.90. The standard InChI is InChI=1S/C16H11IN4OS2/c17-10-5-1-2-6-11(10)18-14(22)9-23-15-19-20-16-21(15)12-7-3-4-8-13(12)24-16/h1-8H,9H2,(H,18,22). The molecule has 1 N–H and O–H groups in total. The Morgan fingerprint density at radius 1 is 1.17 bits per heavy atom. The van der Waals surface area contributed by atoms with E-state index in [1.54, 1.807) is 11.3 Å². The van der Waals surface area contributed by atoms with Gasteiger partial charge in [-0.2, -0.15) is 0 Å². The van der Waals surface area contributed by atoms with Crippen molar-refractivity contribution in [2.75, 3.05) is 11.1 Å². The first-order chi connectivity index (χ1) is 11.7. The number of carbonyl (C=O) groups excluding carboxylic acids is 1. The second-order valence-corrected chi connectivity index (χ2v) is 8.10. The molecule has 0 fully saturated rings. The van der Waals surface area contributed by atoms with Gasteiger partial charge in [0.1, 0.15) is 0 Å². The number of benzene rings is 2. The van der Waals surface area contributed by atoms with Gasteiger partial charge in [0.05, 0.1) is 21.7 Å². The first kappa shape index (κ1) is 15.9. The molecule has 2 heterocycles. The highest BCUT2D eigenvalue weighted by atomic mass is 127. The van der Waals surface area contributed by atoms with Crippen LogP contribution in [0.1, 0.15) is 0 Å². The third-order valence-corrected chi connectivity index (χ3v) is 6.27. The molecule has 0 bridgehead atoms. The molecule has 0 saturated heterocycles. The van der Waals surface area contributed by atoms with Crippen molar-refractivity contribution >= 4 is 72.5 Å². The quantitative estimate of drug-likeness (QED) is 0.361. The minimum Gasteiger partial charge on any atom is -0.324 e. The van der Waals surface area contributed by atoms with Gasteiger partial charge in [0.25, 0.3) is 0 Å². The Kier molecular flexibility index (Phi) is 4.42. The fourth-order valence-electron chi connectivity index (χ4n) is 2.33. The Balaban J connectivity index is 1.53. The lowest BCUT2D eigenvalue weighted by Crippen LogP contribution is -2.15. The Morgan fingerprint density at radius 3 is 2.83 bits per heavy atom. The van der Waals surface area contributed by atoms with Crippen LogP contribution in [-0.2, 0) is 4.79 Å². The molecule has 0 saturated carbocycles. The number of thioether (sulfide) groups is 1. The Hall–Kier alpha value is -1.65. The highest BCUT2D eigenvalue weighted by Gasteiger charge is 2.14. The van der Waals surface area contributed by atoms with Crippen LogP contribution in [0.3, 0.4) is 0 Å². The van der Waals surface area contributed by atoms with Gasteiger partial charge in [-0.3, -0.25) is 9.20 Å². The van der Waals surface area contributed by atoms with Gasteiger partial charge in [-0.25, -0.2) is 0 Å². The fraction of sp³-hybridized carbons (Fsp3) is 0.0625. The van der Waals surface area contributed by atoms with E-state index in [0.29, 0.717) is 0 Å². The number of anilines is 1. The fourth-order valence-corrected chi connectivity index (χ4v) is 4.62. The van der Waals surface area contributed by atoms with Crippen molar-refractivity contribution in [1.29, 1.82) is 0 Å². The average molecular weight is 466 g/mol. The zero-order chi connectivity index (χ0) is 16.5. The minimum atomic E-state index is -0.0552. The van der Waals surface area contributed by atoms with Crippen molar-refractivity contribution in [2.45, 2.75) is 5.16 Å². The molecule has 120 valence electrons. The van der Waals surface area contributed by atoms with Crippen LogP contribution in [0.4, 0.5) is 5.69 Å². The number of nitrogens with one attached hydrogen (secondary N) is 1. The Morgan fingerprint density at radius 2 is 1.96 bits per heavy atom. The van der Waals surface area contributed by atoms with Crippen LogP contribution < -0.4 is 5.32 Å². The van der Waals surface area contributed by atoms with E-state index in [4.69, 9.17) is 0 Å². The summed E-state index contributed by atoms with van der Waals surface area (Å²) < 4.78 is 4.18. The zero-order valence-electron chi connectivity index (χ0n) is 12.3. The van der Waals surface area contributed by atoms with Crippen LogP contribution in [0.15, 0.2) is 53.7 Å². The number of hydrogen-bond donors (Lipinski definition) is 1. The summed E-state index contributed by atoms with van der Waals surface area (Å²) in [6, 6.07) is 15.8. The summed E-state index contributed by atoms with van der Waals surface area (Å²) in [6.07, 6.45) is 0. The van der Waals surface area contributed by atoms with Gasteiger partial charge in [-0.15, -0.1) is 10.2 Å². The van der Waals surface area contributed by atoms with Crippen LogP contribution in [-0.4, -0.2) is 26.3 Å². The van der Waals surface area contributed by atoms with E-state index in [1.807, 2.05) is 46.9 Å². The topological polar surface area (TPSA) is 59.3 Å². The van der Waals surface area contributed by atoms with Gasteiger partial charge in [-0.1, -0.05) is 47.4 Å². The molecule has 0 aliphatic rings. The maximum absolute atomic E-state index is 12.2. The van der Waals surface area contributed by atoms with E-state index in [1.165, 1.54) is 11.8 Å². The van der Waals surface area contributed by atoms with Gasteiger partial charge in [0.15, 0.2) is 5.16 Å². The lowest BCUT2D eigenvalue weighted by Gasteiger charge is -2.06. The molecule has 0 aliphatic carbocycles. The van der Waals surface area contributed by atoms with E-state index in [0.717, 1.165) is 29.6 Å². The van der Waals surface area contributed by atoms with E-state index in [9.17, 15) is 4.79 Å². The maximum atomic E-state index is 12.2. The Labute approximate surface area is 159 Å². The number of fused-ring (bicyclic) bond motifs is 3. The van der Waals surface area contributed by atoms with E-state index in [2.05, 4.69) is 44.2 Å². The third kappa shape index (κ3) is 3.01. The lowest BCUT2D eigenvalue weighted by molar-refractivity contribution is -0.113. The predicted molar refractivity (Wildman–Crippen MR) is 107 cm³/mol. The summed E-state index contributed by atoms with van der Waals surface area (Å²) in [5, 5.41) is 12.1. The molecule has 0 spiro atoms. The molecular formula is C16H11IN4OS2. The number of thiazole rings is 1. The first-order valence-electron chi connectivity index (χ1n) is 7.12. The minimum absolute atomic E-state index is 0.0552. The first-order valence-corrected chi connectivity index (χ1v) is 10.0. The molecular weight excluding hydrogens is 455 g/mol. The number of aromatic nitrogens is 3. The van der Waals surface area contributed by atoms with Gasteiger partial charge < -0.3 is 5.32 Å². The molecule has 0 aliphatic heterocycles. The number of carbonyl (C=O) groups is 1. The molecule has 0 radical (unpaired) electrons. The van der Waals surface area contributed by atoms with Crippen molar-refractivity contribution in [3.63, 3.8) is 0 Å². The SMILES string of the molecule is O=C(CSc1nnc2sc3ccccc3n12)Nc1ccccc1I. The third-order valence-electron chi connectivity index (χ3n) is 3.39. The molecule has 5 nitrogen and oxygen atoms in total. The predicted octanol–water partition coefficient (Wildman–Crippen LogP) is 4.28. The molecule has 1 amide bonds. The smallest absolute Gasteiger partial charge is 0.234 e. The second kappa shape index (κ2) is 6.69. The summed E-state index contributed by atoms with van der Waals surface area (Å²) in [5.74, 6) is 0.232. The van der Waals surface area contributed by atoms with E-state index >= 15 is 0 Å². The number of rotatable bonds is 4. The Bertz CT molecular complexity index is 1040. The van der Waals surface area contributed by atoms with E-state index < -0.39 is 0 Å². The van der Waals surface area contributed by atoms with Crippen LogP contribution in [0.5, 0.6) is 0 Å². The van der Waals surface area contributed by atoms with Crippen LogP contribution in [0.25, 0.3) is 15.2 Å². The van der Waals surface area contributed by atoms with Crippen LogP contribution in [0.2, 0.25) is 0 Å². The van der Waals surface area contributed by atoms with Crippen molar-refractivity contribution in [3.05, 3.63) is 52.1 Å². The maximum Gasteiger partial charge on any atom is 0.234 e. The molecule has 4 rings (SSSR count). The number of nitrogens with zero attached hydrogens (tertiary/aromatic N) is 3. The van der Waals surface area contributed by atoms with Gasteiger partial charge in [0, 0.05) is 3.57 Å². The highest BCUT2D eigenvalue weighted by Crippen LogP contribution is 2.29. The number of amides is 1. The summed E-state index contributed by atoms with van der Waals surface area (Å²) >= 11 is 5.19. The zero-order valence-corrected chi connectivity index (χ0v) is 16.1. The summed E-state index contributed by atoms with van der Waals surface area (Å²) in [4.78, 5) is 13.1. The molecule has 24 heavy (non-hydrogen) atoms. The van der Waals surface area contributed by atoms with Crippen molar-refractivity contribution < 1.29 is 4.79 Å². The molecule has 2 aromatic carbocycles. The van der Waals surface area contributed by atoms with Crippen molar-refractivity contribution in [2.24, 2.45) is 0 Å². The highest BCUT2D eigenvalue weighted by molar-refractivity contribution is 14.1. The molecule has 8 heteroatoms.